The monoisotopic (exact) mass is 465 g/mol. The van der Waals surface area contributed by atoms with Gasteiger partial charge < -0.3 is 14.7 Å². The second-order valence-electron chi connectivity index (χ2n) is 10.2. The average molecular weight is 466 g/mol. The number of aromatic nitrogens is 4. The maximum atomic E-state index is 13.0. The molecular weight excluding hydrogens is 426 g/mol. The van der Waals surface area contributed by atoms with Crippen molar-refractivity contribution in [2.45, 2.75) is 77.7 Å². The predicted octanol–water partition coefficient (Wildman–Crippen LogP) is 3.29. The Morgan fingerprint density at radius 2 is 1.59 bits per heavy atom. The van der Waals surface area contributed by atoms with E-state index < -0.39 is 0 Å². The molecule has 2 aromatic heterocycles. The van der Waals surface area contributed by atoms with Crippen LogP contribution in [0.4, 0.5) is 5.82 Å². The lowest BCUT2D eigenvalue weighted by Crippen LogP contribution is -2.48. The van der Waals surface area contributed by atoms with Crippen LogP contribution in [0.15, 0.2) is 12.4 Å². The standard InChI is InChI=1S/C26H39N7O/c1-20-23(8-9-26(34)32-16-10-22(11-17-32)30-12-4-3-5-13-30)21(2)33(29-20)25-18-24(27-19-28-25)31-14-6-7-15-31/h18-19,22H,3-17H2,1-2H3. The van der Waals surface area contributed by atoms with E-state index in [9.17, 15) is 4.79 Å². The van der Waals surface area contributed by atoms with Crippen molar-refractivity contribution >= 4 is 11.7 Å². The third-order valence-corrected chi connectivity index (χ3v) is 8.04. The zero-order valence-corrected chi connectivity index (χ0v) is 20.9. The molecule has 8 heteroatoms. The van der Waals surface area contributed by atoms with Crippen molar-refractivity contribution in [2.75, 3.05) is 44.2 Å². The zero-order valence-electron chi connectivity index (χ0n) is 20.9. The first-order valence-electron chi connectivity index (χ1n) is 13.2. The van der Waals surface area contributed by atoms with Crippen molar-refractivity contribution in [1.29, 1.82) is 0 Å². The molecule has 0 N–H and O–H groups in total. The van der Waals surface area contributed by atoms with E-state index in [0.717, 1.165) is 74.0 Å². The molecule has 1 amide bonds. The number of likely N-dealkylation sites (tertiary alicyclic amines) is 2. The number of amides is 1. The molecule has 3 saturated heterocycles. The van der Waals surface area contributed by atoms with E-state index in [2.05, 4.69) is 31.6 Å². The molecule has 0 atom stereocenters. The lowest BCUT2D eigenvalue weighted by atomic mass is 9.99. The highest BCUT2D eigenvalue weighted by molar-refractivity contribution is 5.76. The lowest BCUT2D eigenvalue weighted by molar-refractivity contribution is -0.132. The van der Waals surface area contributed by atoms with Crippen LogP contribution in [-0.2, 0) is 11.2 Å². The smallest absolute Gasteiger partial charge is 0.222 e. The summed E-state index contributed by atoms with van der Waals surface area (Å²) in [6.45, 7) is 10.5. The summed E-state index contributed by atoms with van der Waals surface area (Å²) in [4.78, 5) is 29.0. The highest BCUT2D eigenvalue weighted by atomic mass is 16.2. The van der Waals surface area contributed by atoms with E-state index in [1.807, 2.05) is 17.7 Å². The van der Waals surface area contributed by atoms with Crippen LogP contribution in [0.5, 0.6) is 0 Å². The molecule has 5 rings (SSSR count). The summed E-state index contributed by atoms with van der Waals surface area (Å²) in [5, 5.41) is 4.78. The van der Waals surface area contributed by atoms with Gasteiger partial charge in [-0.25, -0.2) is 14.6 Å². The maximum Gasteiger partial charge on any atom is 0.222 e. The van der Waals surface area contributed by atoms with Crippen LogP contribution in [0.1, 0.15) is 68.3 Å². The lowest BCUT2D eigenvalue weighted by Gasteiger charge is -2.40. The summed E-state index contributed by atoms with van der Waals surface area (Å²) >= 11 is 0. The van der Waals surface area contributed by atoms with Crippen molar-refractivity contribution in [3.8, 4) is 5.82 Å². The van der Waals surface area contributed by atoms with Gasteiger partial charge in [0.25, 0.3) is 0 Å². The van der Waals surface area contributed by atoms with Crippen LogP contribution in [-0.4, -0.2) is 80.8 Å². The van der Waals surface area contributed by atoms with Crippen molar-refractivity contribution < 1.29 is 4.79 Å². The van der Waals surface area contributed by atoms with Crippen molar-refractivity contribution in [3.63, 3.8) is 0 Å². The van der Waals surface area contributed by atoms with E-state index in [0.29, 0.717) is 12.5 Å². The predicted molar refractivity (Wildman–Crippen MR) is 133 cm³/mol. The van der Waals surface area contributed by atoms with Crippen LogP contribution in [0.3, 0.4) is 0 Å². The Balaban J connectivity index is 1.19. The Bertz CT molecular complexity index is 983. The van der Waals surface area contributed by atoms with Crippen LogP contribution < -0.4 is 4.90 Å². The van der Waals surface area contributed by atoms with Gasteiger partial charge in [-0.15, -0.1) is 0 Å². The fourth-order valence-corrected chi connectivity index (χ4v) is 5.99. The molecule has 3 fully saturated rings. The second kappa shape index (κ2) is 10.4. The van der Waals surface area contributed by atoms with Gasteiger partial charge >= 0.3 is 0 Å². The minimum Gasteiger partial charge on any atom is -0.356 e. The maximum absolute atomic E-state index is 13.0. The number of hydrogen-bond donors (Lipinski definition) is 0. The number of carbonyl (C=O) groups excluding carboxylic acids is 1. The topological polar surface area (TPSA) is 70.4 Å². The fraction of sp³-hybridized carbons (Fsp3) is 0.692. The quantitative estimate of drug-likeness (QED) is 0.652. The number of hydrogen-bond acceptors (Lipinski definition) is 6. The van der Waals surface area contributed by atoms with E-state index >= 15 is 0 Å². The van der Waals surface area contributed by atoms with Gasteiger partial charge in [0.2, 0.25) is 5.91 Å². The first-order valence-corrected chi connectivity index (χ1v) is 13.2. The Labute approximate surface area is 203 Å². The van der Waals surface area contributed by atoms with Gasteiger partial charge in [0.15, 0.2) is 5.82 Å². The second-order valence-corrected chi connectivity index (χ2v) is 10.2. The molecule has 3 aliphatic heterocycles. The van der Waals surface area contributed by atoms with Crippen LogP contribution in [0.25, 0.3) is 5.82 Å². The van der Waals surface area contributed by atoms with Crippen molar-refractivity contribution in [2.24, 2.45) is 0 Å². The van der Waals surface area contributed by atoms with E-state index in [1.165, 1.54) is 45.2 Å². The summed E-state index contributed by atoms with van der Waals surface area (Å²) < 4.78 is 1.92. The van der Waals surface area contributed by atoms with Gasteiger partial charge in [-0.2, -0.15) is 5.10 Å². The number of piperidine rings is 2. The summed E-state index contributed by atoms with van der Waals surface area (Å²) in [6.07, 6.45) is 11.6. The first-order chi connectivity index (χ1) is 16.6. The fourth-order valence-electron chi connectivity index (χ4n) is 5.99. The average Bonchev–Trinajstić information content (AvgIpc) is 3.52. The molecular formula is C26H39N7O. The third-order valence-electron chi connectivity index (χ3n) is 8.04. The van der Waals surface area contributed by atoms with Gasteiger partial charge in [0, 0.05) is 50.4 Å². The summed E-state index contributed by atoms with van der Waals surface area (Å²) in [7, 11) is 0. The molecule has 3 aliphatic rings. The molecule has 34 heavy (non-hydrogen) atoms. The number of nitrogens with zero attached hydrogens (tertiary/aromatic N) is 7. The number of rotatable bonds is 6. The molecule has 0 aromatic carbocycles. The van der Waals surface area contributed by atoms with Gasteiger partial charge in [-0.3, -0.25) is 4.79 Å². The third kappa shape index (κ3) is 4.97. The molecule has 184 valence electrons. The Hall–Kier alpha value is -2.48. The van der Waals surface area contributed by atoms with Gasteiger partial charge in [0.05, 0.1) is 5.69 Å². The van der Waals surface area contributed by atoms with E-state index in [4.69, 9.17) is 5.10 Å². The van der Waals surface area contributed by atoms with E-state index in [1.54, 1.807) is 6.33 Å². The van der Waals surface area contributed by atoms with Gasteiger partial charge in [0.1, 0.15) is 12.1 Å². The van der Waals surface area contributed by atoms with E-state index in [-0.39, 0.29) is 5.91 Å². The van der Waals surface area contributed by atoms with Crippen LogP contribution in [0, 0.1) is 13.8 Å². The minimum absolute atomic E-state index is 0.280. The molecule has 0 saturated carbocycles. The van der Waals surface area contributed by atoms with Crippen molar-refractivity contribution in [1.82, 2.24) is 29.5 Å². The molecule has 2 aromatic rings. The molecule has 0 unspecified atom stereocenters. The zero-order chi connectivity index (χ0) is 23.5. The molecule has 0 radical (unpaired) electrons. The molecule has 5 heterocycles. The molecule has 0 spiro atoms. The SMILES string of the molecule is Cc1nn(-c2cc(N3CCCC3)ncn2)c(C)c1CCC(=O)N1CCC(N2CCCCC2)CC1. The summed E-state index contributed by atoms with van der Waals surface area (Å²) in [5.74, 6) is 2.05. The first kappa shape index (κ1) is 23.3. The Kier molecular flexibility index (Phi) is 7.13. The van der Waals surface area contributed by atoms with Crippen LogP contribution >= 0.6 is 0 Å². The Morgan fingerprint density at radius 3 is 2.32 bits per heavy atom. The molecule has 0 aliphatic carbocycles. The van der Waals surface area contributed by atoms with Crippen molar-refractivity contribution in [3.05, 3.63) is 29.3 Å². The van der Waals surface area contributed by atoms with Gasteiger partial charge in [-0.1, -0.05) is 6.42 Å². The largest absolute Gasteiger partial charge is 0.356 e. The summed E-state index contributed by atoms with van der Waals surface area (Å²) in [5.41, 5.74) is 3.22. The van der Waals surface area contributed by atoms with Crippen LogP contribution in [0.2, 0.25) is 0 Å². The van der Waals surface area contributed by atoms with Gasteiger partial charge in [-0.05, 0) is 77.4 Å². The summed E-state index contributed by atoms with van der Waals surface area (Å²) in [6, 6.07) is 2.71. The minimum atomic E-state index is 0.280. The Morgan fingerprint density at radius 1 is 0.912 bits per heavy atom. The highest BCUT2D eigenvalue weighted by Gasteiger charge is 2.28. The highest BCUT2D eigenvalue weighted by Crippen LogP contribution is 2.24. The number of aryl methyl sites for hydroxylation is 1. The normalized spacial score (nSPS) is 20.3. The molecule has 8 nitrogen and oxygen atoms in total. The number of anilines is 1. The number of carbonyl (C=O) groups is 1. The molecule has 0 bridgehead atoms.